The highest BCUT2D eigenvalue weighted by Gasteiger charge is 2.21. The number of hydrogen-bond acceptors (Lipinski definition) is 3. The number of sulfone groups is 1. The van der Waals surface area contributed by atoms with Crippen LogP contribution in [0, 0.1) is 12.8 Å². The quantitative estimate of drug-likeness (QED) is 0.872. The second-order valence-electron chi connectivity index (χ2n) is 6.07. The van der Waals surface area contributed by atoms with E-state index in [0.29, 0.717) is 6.54 Å². The molecule has 1 rings (SSSR count). The van der Waals surface area contributed by atoms with Gasteiger partial charge in [-0.1, -0.05) is 36.8 Å². The molecule has 0 aliphatic heterocycles. The van der Waals surface area contributed by atoms with Gasteiger partial charge in [-0.25, -0.2) is 8.42 Å². The van der Waals surface area contributed by atoms with E-state index in [9.17, 15) is 8.42 Å². The standard InChI is InChI=1S/C15H25NO2S/c1-12-7-6-8-14(9-12)15(3,4)16-10-13(2)11-19(5,17)18/h6-9,13,16H,10-11H2,1-5H3/t13-/m1/s1. The predicted octanol–water partition coefficient (Wildman–Crippen LogP) is 2.50. The van der Waals surface area contributed by atoms with Gasteiger partial charge in [0, 0.05) is 11.8 Å². The van der Waals surface area contributed by atoms with Crippen LogP contribution in [0.5, 0.6) is 0 Å². The molecule has 0 aliphatic rings. The molecule has 108 valence electrons. The molecule has 0 spiro atoms. The molecule has 1 aromatic rings. The smallest absolute Gasteiger partial charge is 0.147 e. The summed E-state index contributed by atoms with van der Waals surface area (Å²) in [6, 6.07) is 8.38. The molecule has 0 radical (unpaired) electrons. The van der Waals surface area contributed by atoms with Crippen molar-refractivity contribution in [3.05, 3.63) is 35.4 Å². The van der Waals surface area contributed by atoms with Crippen molar-refractivity contribution in [1.29, 1.82) is 0 Å². The molecule has 1 atom stereocenters. The van der Waals surface area contributed by atoms with Crippen LogP contribution in [0.15, 0.2) is 24.3 Å². The van der Waals surface area contributed by atoms with E-state index in [1.54, 1.807) is 0 Å². The molecule has 0 saturated heterocycles. The van der Waals surface area contributed by atoms with Gasteiger partial charge in [0.2, 0.25) is 0 Å². The van der Waals surface area contributed by atoms with Gasteiger partial charge in [-0.15, -0.1) is 0 Å². The zero-order valence-corrected chi connectivity index (χ0v) is 13.3. The lowest BCUT2D eigenvalue weighted by molar-refractivity contribution is 0.374. The van der Waals surface area contributed by atoms with Crippen LogP contribution in [0.2, 0.25) is 0 Å². The Kier molecular flexibility index (Phi) is 5.16. The minimum Gasteiger partial charge on any atom is -0.308 e. The normalized spacial score (nSPS) is 14.4. The first-order valence-electron chi connectivity index (χ1n) is 6.60. The fourth-order valence-corrected chi connectivity index (χ4v) is 3.29. The monoisotopic (exact) mass is 283 g/mol. The Morgan fingerprint density at radius 2 is 1.95 bits per heavy atom. The van der Waals surface area contributed by atoms with Crippen molar-refractivity contribution in [3.8, 4) is 0 Å². The number of nitrogens with one attached hydrogen (secondary N) is 1. The molecule has 0 amide bonds. The summed E-state index contributed by atoms with van der Waals surface area (Å²) in [5.41, 5.74) is 2.30. The van der Waals surface area contributed by atoms with E-state index in [0.717, 1.165) is 0 Å². The Morgan fingerprint density at radius 3 is 2.47 bits per heavy atom. The van der Waals surface area contributed by atoms with Crippen molar-refractivity contribution in [2.75, 3.05) is 18.6 Å². The zero-order chi connectivity index (χ0) is 14.7. The lowest BCUT2D eigenvalue weighted by atomic mass is 9.92. The van der Waals surface area contributed by atoms with Gasteiger partial charge < -0.3 is 5.32 Å². The Bertz CT molecular complexity index is 521. The van der Waals surface area contributed by atoms with Crippen molar-refractivity contribution in [1.82, 2.24) is 5.32 Å². The van der Waals surface area contributed by atoms with E-state index in [2.05, 4.69) is 44.3 Å². The van der Waals surface area contributed by atoms with Gasteiger partial charge in [-0.2, -0.15) is 0 Å². The second-order valence-corrected chi connectivity index (χ2v) is 8.26. The van der Waals surface area contributed by atoms with Crippen LogP contribution >= 0.6 is 0 Å². The molecule has 0 heterocycles. The molecule has 0 saturated carbocycles. The minimum atomic E-state index is -2.90. The predicted molar refractivity (Wildman–Crippen MR) is 81.1 cm³/mol. The van der Waals surface area contributed by atoms with Gasteiger partial charge in [0.25, 0.3) is 0 Å². The number of rotatable bonds is 6. The molecular weight excluding hydrogens is 258 g/mol. The SMILES string of the molecule is Cc1cccc(C(C)(C)NC[C@@H](C)CS(C)(=O)=O)c1. The fraction of sp³-hybridized carbons (Fsp3) is 0.600. The summed E-state index contributed by atoms with van der Waals surface area (Å²) in [5.74, 6) is 0.336. The van der Waals surface area contributed by atoms with Crippen LogP contribution in [0.3, 0.4) is 0 Å². The highest BCUT2D eigenvalue weighted by Crippen LogP contribution is 2.21. The maximum absolute atomic E-state index is 11.3. The average molecular weight is 283 g/mol. The molecule has 3 nitrogen and oxygen atoms in total. The Labute approximate surface area is 117 Å². The summed E-state index contributed by atoms with van der Waals surface area (Å²) in [4.78, 5) is 0. The van der Waals surface area contributed by atoms with Gasteiger partial charge in [-0.3, -0.25) is 0 Å². The summed E-state index contributed by atoms with van der Waals surface area (Å²) in [7, 11) is -2.90. The third kappa shape index (κ3) is 5.74. The maximum Gasteiger partial charge on any atom is 0.147 e. The van der Waals surface area contributed by atoms with Crippen molar-refractivity contribution in [2.45, 2.75) is 33.2 Å². The first-order valence-corrected chi connectivity index (χ1v) is 8.66. The molecule has 0 aliphatic carbocycles. The number of hydrogen-bond donors (Lipinski definition) is 1. The average Bonchev–Trinajstić information content (AvgIpc) is 2.24. The molecule has 1 aromatic carbocycles. The lowest BCUT2D eigenvalue weighted by Crippen LogP contribution is -2.40. The van der Waals surface area contributed by atoms with Crippen molar-refractivity contribution >= 4 is 9.84 Å². The zero-order valence-electron chi connectivity index (χ0n) is 12.5. The molecule has 0 aromatic heterocycles. The summed E-state index contributed by atoms with van der Waals surface area (Å²) in [5, 5.41) is 3.46. The summed E-state index contributed by atoms with van der Waals surface area (Å²) in [6.07, 6.45) is 1.29. The first-order chi connectivity index (χ1) is 8.60. The van der Waals surface area contributed by atoms with E-state index in [4.69, 9.17) is 0 Å². The first kappa shape index (κ1) is 16.2. The Morgan fingerprint density at radius 1 is 1.32 bits per heavy atom. The van der Waals surface area contributed by atoms with E-state index in [1.807, 2.05) is 13.0 Å². The molecule has 4 heteroatoms. The van der Waals surface area contributed by atoms with Gasteiger partial charge in [0.1, 0.15) is 9.84 Å². The number of benzene rings is 1. The van der Waals surface area contributed by atoms with Crippen molar-refractivity contribution in [2.24, 2.45) is 5.92 Å². The fourth-order valence-electron chi connectivity index (χ4n) is 2.14. The van der Waals surface area contributed by atoms with E-state index in [1.165, 1.54) is 17.4 Å². The third-order valence-electron chi connectivity index (χ3n) is 3.22. The van der Waals surface area contributed by atoms with E-state index in [-0.39, 0.29) is 17.2 Å². The lowest BCUT2D eigenvalue weighted by Gasteiger charge is -2.29. The largest absolute Gasteiger partial charge is 0.308 e. The van der Waals surface area contributed by atoms with Crippen molar-refractivity contribution < 1.29 is 8.42 Å². The minimum absolute atomic E-state index is 0.110. The van der Waals surface area contributed by atoms with Crippen LogP contribution < -0.4 is 5.32 Å². The van der Waals surface area contributed by atoms with E-state index >= 15 is 0 Å². The van der Waals surface area contributed by atoms with Gasteiger partial charge >= 0.3 is 0 Å². The third-order valence-corrected chi connectivity index (χ3v) is 4.39. The molecule has 1 N–H and O–H groups in total. The summed E-state index contributed by atoms with van der Waals surface area (Å²) in [6.45, 7) is 8.96. The molecule has 19 heavy (non-hydrogen) atoms. The van der Waals surface area contributed by atoms with Crippen LogP contribution in [0.4, 0.5) is 0 Å². The highest BCUT2D eigenvalue weighted by atomic mass is 32.2. The topological polar surface area (TPSA) is 46.2 Å². The Hall–Kier alpha value is -0.870. The summed E-state index contributed by atoms with van der Waals surface area (Å²) < 4.78 is 22.5. The summed E-state index contributed by atoms with van der Waals surface area (Å²) >= 11 is 0. The molecule has 0 bridgehead atoms. The van der Waals surface area contributed by atoms with Gasteiger partial charge in [0.15, 0.2) is 0 Å². The van der Waals surface area contributed by atoms with E-state index < -0.39 is 9.84 Å². The van der Waals surface area contributed by atoms with Gasteiger partial charge in [0.05, 0.1) is 5.75 Å². The van der Waals surface area contributed by atoms with Crippen LogP contribution in [-0.4, -0.2) is 27.0 Å². The maximum atomic E-state index is 11.3. The Balaban J connectivity index is 2.65. The molecule has 0 unspecified atom stereocenters. The highest BCUT2D eigenvalue weighted by molar-refractivity contribution is 7.90. The van der Waals surface area contributed by atoms with Crippen LogP contribution in [-0.2, 0) is 15.4 Å². The molecule has 0 fully saturated rings. The molecular formula is C15H25NO2S. The van der Waals surface area contributed by atoms with Crippen LogP contribution in [0.1, 0.15) is 31.9 Å². The van der Waals surface area contributed by atoms with Crippen molar-refractivity contribution in [3.63, 3.8) is 0 Å². The van der Waals surface area contributed by atoms with Crippen LogP contribution in [0.25, 0.3) is 0 Å². The number of aryl methyl sites for hydroxylation is 1. The second kappa shape index (κ2) is 6.06. The van der Waals surface area contributed by atoms with Gasteiger partial charge in [-0.05, 0) is 38.8 Å².